The molecule has 1 amide bonds. The summed E-state index contributed by atoms with van der Waals surface area (Å²) in [6.45, 7) is 0. The zero-order valence-electron chi connectivity index (χ0n) is 7.77. The van der Waals surface area contributed by atoms with Crippen molar-refractivity contribution in [3.8, 4) is 0 Å². The van der Waals surface area contributed by atoms with Crippen LogP contribution in [0.1, 0.15) is 5.56 Å². The first-order valence-corrected chi connectivity index (χ1v) is 3.99. The van der Waals surface area contributed by atoms with E-state index >= 15 is 0 Å². The van der Waals surface area contributed by atoms with Crippen LogP contribution in [0.2, 0.25) is 0 Å². The summed E-state index contributed by atoms with van der Waals surface area (Å²) in [4.78, 5) is 16.5. The van der Waals surface area contributed by atoms with Crippen LogP contribution in [0.5, 0.6) is 0 Å². The Morgan fingerprint density at radius 2 is 2.00 bits per heavy atom. The van der Waals surface area contributed by atoms with Crippen molar-refractivity contribution >= 4 is 12.0 Å². The van der Waals surface area contributed by atoms with E-state index in [0.717, 1.165) is 5.56 Å². The van der Waals surface area contributed by atoms with E-state index < -0.39 is 0 Å². The maximum atomic E-state index is 11.1. The number of rotatable bonds is 2. The third-order valence-electron chi connectivity index (χ3n) is 1.57. The Bertz CT molecular complexity index is 304. The average Bonchev–Trinajstić information content (AvgIpc) is 2.15. The number of carbonyl (C=O) groups is 1. The molecule has 0 bridgehead atoms. The van der Waals surface area contributed by atoms with Crippen molar-refractivity contribution in [2.24, 2.45) is 0 Å². The Hall–Kier alpha value is -1.64. The Morgan fingerprint density at radius 1 is 1.38 bits per heavy atom. The highest BCUT2D eigenvalue weighted by atomic mass is 16.2. The predicted molar refractivity (Wildman–Crippen MR) is 52.0 cm³/mol. The standard InChI is InChI=1S/C10H12N2O/c1-12(2)10(13)4-3-9-5-7-11-8-6-9/h3-8H,1-2H3/b4-3+. The number of hydrogen-bond donors (Lipinski definition) is 0. The largest absolute Gasteiger partial charge is 0.345 e. The molecule has 0 aromatic carbocycles. The van der Waals surface area contributed by atoms with Crippen LogP contribution < -0.4 is 0 Å². The van der Waals surface area contributed by atoms with Gasteiger partial charge in [-0.05, 0) is 23.8 Å². The molecule has 0 atom stereocenters. The van der Waals surface area contributed by atoms with Crippen molar-refractivity contribution in [1.29, 1.82) is 0 Å². The number of likely N-dealkylation sites (N-methyl/N-ethyl adjacent to an activating group) is 1. The summed E-state index contributed by atoms with van der Waals surface area (Å²) in [5, 5.41) is 0. The van der Waals surface area contributed by atoms with Crippen LogP contribution in [0.3, 0.4) is 0 Å². The highest BCUT2D eigenvalue weighted by Crippen LogP contribution is 1.99. The zero-order valence-corrected chi connectivity index (χ0v) is 7.77. The molecule has 68 valence electrons. The molecular formula is C10H12N2O. The number of pyridine rings is 1. The molecule has 1 rings (SSSR count). The van der Waals surface area contributed by atoms with Crippen molar-refractivity contribution in [2.45, 2.75) is 0 Å². The van der Waals surface area contributed by atoms with E-state index in [-0.39, 0.29) is 5.91 Å². The summed E-state index contributed by atoms with van der Waals surface area (Å²) in [6, 6.07) is 3.69. The van der Waals surface area contributed by atoms with Crippen LogP contribution >= 0.6 is 0 Å². The van der Waals surface area contributed by atoms with E-state index in [4.69, 9.17) is 0 Å². The second-order valence-corrected chi connectivity index (χ2v) is 2.85. The van der Waals surface area contributed by atoms with Gasteiger partial charge in [-0.1, -0.05) is 0 Å². The molecule has 0 aliphatic carbocycles. The molecule has 1 aromatic rings. The van der Waals surface area contributed by atoms with Gasteiger partial charge in [-0.25, -0.2) is 0 Å². The number of amides is 1. The van der Waals surface area contributed by atoms with E-state index in [0.29, 0.717) is 0 Å². The number of carbonyl (C=O) groups excluding carboxylic acids is 1. The van der Waals surface area contributed by atoms with E-state index in [1.54, 1.807) is 32.6 Å². The van der Waals surface area contributed by atoms with Gasteiger partial charge < -0.3 is 4.90 Å². The van der Waals surface area contributed by atoms with Crippen molar-refractivity contribution in [3.05, 3.63) is 36.2 Å². The Balaban J connectivity index is 2.64. The lowest BCUT2D eigenvalue weighted by Crippen LogP contribution is -2.18. The van der Waals surface area contributed by atoms with Gasteiger partial charge in [-0.2, -0.15) is 0 Å². The first-order chi connectivity index (χ1) is 6.20. The summed E-state index contributed by atoms with van der Waals surface area (Å²) in [5.74, 6) is -0.0168. The molecule has 0 saturated carbocycles. The lowest BCUT2D eigenvalue weighted by atomic mass is 10.2. The maximum absolute atomic E-state index is 11.1. The van der Waals surface area contributed by atoms with Crippen LogP contribution in [0.15, 0.2) is 30.6 Å². The maximum Gasteiger partial charge on any atom is 0.246 e. The molecule has 0 aliphatic heterocycles. The van der Waals surface area contributed by atoms with Gasteiger partial charge in [0.15, 0.2) is 0 Å². The first-order valence-electron chi connectivity index (χ1n) is 3.99. The van der Waals surface area contributed by atoms with E-state index in [2.05, 4.69) is 4.98 Å². The third kappa shape index (κ3) is 3.07. The van der Waals surface area contributed by atoms with Gasteiger partial charge in [0.2, 0.25) is 5.91 Å². The van der Waals surface area contributed by atoms with Crippen molar-refractivity contribution < 1.29 is 4.79 Å². The van der Waals surface area contributed by atoms with Crippen molar-refractivity contribution in [2.75, 3.05) is 14.1 Å². The zero-order chi connectivity index (χ0) is 9.68. The minimum Gasteiger partial charge on any atom is -0.345 e. The third-order valence-corrected chi connectivity index (χ3v) is 1.57. The molecule has 1 heterocycles. The van der Waals surface area contributed by atoms with Gasteiger partial charge in [0.05, 0.1) is 0 Å². The normalized spacial score (nSPS) is 10.3. The lowest BCUT2D eigenvalue weighted by Gasteiger charge is -2.04. The summed E-state index contributed by atoms with van der Waals surface area (Å²) >= 11 is 0. The van der Waals surface area contributed by atoms with Crippen LogP contribution in [-0.2, 0) is 4.79 Å². The van der Waals surface area contributed by atoms with Gasteiger partial charge in [0.25, 0.3) is 0 Å². The minimum atomic E-state index is -0.0168. The fourth-order valence-corrected chi connectivity index (χ4v) is 0.791. The SMILES string of the molecule is CN(C)C(=O)/C=C/c1ccncc1. The fourth-order valence-electron chi connectivity index (χ4n) is 0.791. The first kappa shape index (κ1) is 9.45. The second-order valence-electron chi connectivity index (χ2n) is 2.85. The highest BCUT2D eigenvalue weighted by molar-refractivity contribution is 5.91. The molecular weight excluding hydrogens is 164 g/mol. The van der Waals surface area contributed by atoms with Crippen molar-refractivity contribution in [1.82, 2.24) is 9.88 Å². The summed E-state index contributed by atoms with van der Waals surface area (Å²) in [6.07, 6.45) is 6.69. The Kier molecular flexibility index (Phi) is 3.20. The summed E-state index contributed by atoms with van der Waals surface area (Å²) in [7, 11) is 3.44. The van der Waals surface area contributed by atoms with Gasteiger partial charge in [0, 0.05) is 32.6 Å². The fraction of sp³-hybridized carbons (Fsp3) is 0.200. The van der Waals surface area contributed by atoms with Gasteiger partial charge >= 0.3 is 0 Å². The number of aromatic nitrogens is 1. The predicted octanol–water partition coefficient (Wildman–Crippen LogP) is 1.18. The van der Waals surface area contributed by atoms with Crippen LogP contribution in [0.4, 0.5) is 0 Å². The number of nitrogens with zero attached hydrogens (tertiary/aromatic N) is 2. The summed E-state index contributed by atoms with van der Waals surface area (Å²) in [5.41, 5.74) is 0.977. The lowest BCUT2D eigenvalue weighted by molar-refractivity contribution is -0.123. The van der Waals surface area contributed by atoms with Crippen LogP contribution in [-0.4, -0.2) is 29.9 Å². The quantitative estimate of drug-likeness (QED) is 0.634. The second kappa shape index (κ2) is 4.40. The van der Waals surface area contributed by atoms with Gasteiger partial charge in [0.1, 0.15) is 0 Å². The van der Waals surface area contributed by atoms with Crippen LogP contribution in [0.25, 0.3) is 6.08 Å². The molecule has 0 saturated heterocycles. The average molecular weight is 176 g/mol. The Labute approximate surface area is 77.7 Å². The molecule has 3 nitrogen and oxygen atoms in total. The monoisotopic (exact) mass is 176 g/mol. The molecule has 0 fully saturated rings. The van der Waals surface area contributed by atoms with Gasteiger partial charge in [-0.15, -0.1) is 0 Å². The Morgan fingerprint density at radius 3 is 2.54 bits per heavy atom. The molecule has 0 radical (unpaired) electrons. The van der Waals surface area contributed by atoms with Crippen molar-refractivity contribution in [3.63, 3.8) is 0 Å². The smallest absolute Gasteiger partial charge is 0.246 e. The molecule has 0 unspecified atom stereocenters. The molecule has 0 aliphatic rings. The molecule has 13 heavy (non-hydrogen) atoms. The van der Waals surface area contributed by atoms with Gasteiger partial charge in [-0.3, -0.25) is 9.78 Å². The topological polar surface area (TPSA) is 33.2 Å². The molecule has 0 N–H and O–H groups in total. The molecule has 0 spiro atoms. The molecule has 1 aromatic heterocycles. The van der Waals surface area contributed by atoms with E-state index in [1.807, 2.05) is 12.1 Å². The van der Waals surface area contributed by atoms with Crippen LogP contribution in [0, 0.1) is 0 Å². The number of hydrogen-bond acceptors (Lipinski definition) is 2. The highest BCUT2D eigenvalue weighted by Gasteiger charge is 1.95. The van der Waals surface area contributed by atoms with E-state index in [1.165, 1.54) is 11.0 Å². The van der Waals surface area contributed by atoms with E-state index in [9.17, 15) is 4.79 Å². The molecule has 3 heteroatoms. The summed E-state index contributed by atoms with van der Waals surface area (Å²) < 4.78 is 0. The minimum absolute atomic E-state index is 0.0168.